The van der Waals surface area contributed by atoms with Crippen molar-refractivity contribution in [2.45, 2.75) is 44.7 Å². The zero-order chi connectivity index (χ0) is 14.0. The first kappa shape index (κ1) is 14.5. The molecular weight excluding hydrogens is 306 g/mol. The van der Waals surface area contributed by atoms with Gasteiger partial charge in [-0.15, -0.1) is 0 Å². The Kier molecular flexibility index (Phi) is 4.31. The van der Waals surface area contributed by atoms with Crippen molar-refractivity contribution in [2.24, 2.45) is 0 Å². The number of likely N-dealkylation sites (tertiary alicyclic amines) is 1. The van der Waals surface area contributed by atoms with Crippen LogP contribution in [0.25, 0.3) is 0 Å². The second-order valence-corrected chi connectivity index (χ2v) is 6.04. The first-order valence-electron chi connectivity index (χ1n) is 6.77. The zero-order valence-electron chi connectivity index (χ0n) is 11.4. The molecule has 2 unspecified atom stereocenters. The van der Waals surface area contributed by atoms with Crippen molar-refractivity contribution in [3.63, 3.8) is 0 Å². The lowest BCUT2D eigenvalue weighted by Gasteiger charge is -2.38. The minimum atomic E-state index is -0.700. The number of halogens is 1. The fourth-order valence-electron chi connectivity index (χ4n) is 3.21. The number of carbonyl (C=O) groups is 1. The fraction of sp³-hybridized carbons (Fsp3) is 0.533. The molecule has 0 bridgehead atoms. The van der Waals surface area contributed by atoms with Gasteiger partial charge < -0.3 is 5.11 Å². The van der Waals surface area contributed by atoms with Gasteiger partial charge in [-0.25, -0.2) is 0 Å². The van der Waals surface area contributed by atoms with Gasteiger partial charge in [0.2, 0.25) is 0 Å². The number of aliphatic carboxylic acids is 1. The maximum Gasteiger partial charge on any atom is 0.324 e. The normalized spacial score (nSPS) is 25.4. The number of carboxylic acid groups (broad SMARTS) is 1. The Morgan fingerprint density at radius 3 is 2.79 bits per heavy atom. The molecule has 0 radical (unpaired) electrons. The molecule has 1 fully saturated rings. The molecule has 1 heterocycles. The second-order valence-electron chi connectivity index (χ2n) is 5.18. The van der Waals surface area contributed by atoms with Gasteiger partial charge in [0.25, 0.3) is 0 Å². The third kappa shape index (κ3) is 2.43. The number of carboxylic acids is 1. The Morgan fingerprint density at radius 1 is 1.53 bits per heavy atom. The highest BCUT2D eigenvalue weighted by molar-refractivity contribution is 9.10. The topological polar surface area (TPSA) is 40.5 Å². The van der Waals surface area contributed by atoms with E-state index in [0.717, 1.165) is 29.4 Å². The molecule has 2 atom stereocenters. The van der Waals surface area contributed by atoms with Crippen LogP contribution < -0.4 is 0 Å². The Hall–Kier alpha value is -0.870. The largest absolute Gasteiger partial charge is 0.480 e. The van der Waals surface area contributed by atoms with Gasteiger partial charge in [0, 0.05) is 10.5 Å². The maximum absolute atomic E-state index is 11.7. The second kappa shape index (κ2) is 5.63. The molecule has 1 aliphatic rings. The first-order chi connectivity index (χ1) is 9.03. The molecule has 1 aromatic rings. The summed E-state index contributed by atoms with van der Waals surface area (Å²) in [5, 5.41) is 9.65. The van der Waals surface area contributed by atoms with E-state index in [-0.39, 0.29) is 6.04 Å². The Morgan fingerprint density at radius 2 is 2.21 bits per heavy atom. The van der Waals surface area contributed by atoms with Gasteiger partial charge >= 0.3 is 5.97 Å². The third-order valence-corrected chi connectivity index (χ3v) is 5.07. The van der Waals surface area contributed by atoms with Crippen LogP contribution in [0.5, 0.6) is 0 Å². The number of nitrogens with zero attached hydrogens (tertiary/aromatic N) is 1. The number of rotatable bonds is 4. The van der Waals surface area contributed by atoms with Crippen LogP contribution in [0.3, 0.4) is 0 Å². The Labute approximate surface area is 122 Å². The van der Waals surface area contributed by atoms with Gasteiger partial charge in [0.05, 0.1) is 0 Å². The summed E-state index contributed by atoms with van der Waals surface area (Å²) in [6.45, 7) is 4.92. The molecule has 1 N–H and O–H groups in total. The summed E-state index contributed by atoms with van der Waals surface area (Å²) in [4.78, 5) is 13.9. The molecule has 3 nitrogen and oxygen atoms in total. The van der Waals surface area contributed by atoms with Crippen molar-refractivity contribution in [2.75, 3.05) is 6.54 Å². The number of benzene rings is 1. The van der Waals surface area contributed by atoms with Crippen molar-refractivity contribution in [1.82, 2.24) is 4.90 Å². The standard InChI is InChI=1S/C15H20BrNO2/c1-3-15(14(18)19)9-6-10-17(15)11(2)12-7-4-5-8-13(12)16/h4-5,7-8,11H,3,6,9-10H2,1-2H3,(H,18,19). The molecule has 19 heavy (non-hydrogen) atoms. The van der Waals surface area contributed by atoms with Crippen molar-refractivity contribution < 1.29 is 9.90 Å². The van der Waals surface area contributed by atoms with E-state index in [2.05, 4.69) is 33.8 Å². The van der Waals surface area contributed by atoms with Crippen LogP contribution in [0.4, 0.5) is 0 Å². The monoisotopic (exact) mass is 325 g/mol. The number of hydrogen-bond donors (Lipinski definition) is 1. The molecule has 1 aromatic carbocycles. The van der Waals surface area contributed by atoms with E-state index in [4.69, 9.17) is 0 Å². The van der Waals surface area contributed by atoms with Crippen LogP contribution in [0.1, 0.15) is 44.7 Å². The molecule has 1 aliphatic heterocycles. The van der Waals surface area contributed by atoms with Gasteiger partial charge in [-0.3, -0.25) is 9.69 Å². The minimum Gasteiger partial charge on any atom is -0.480 e. The molecule has 2 rings (SSSR count). The quantitative estimate of drug-likeness (QED) is 0.914. The highest BCUT2D eigenvalue weighted by Crippen LogP contribution is 2.40. The maximum atomic E-state index is 11.7. The first-order valence-corrected chi connectivity index (χ1v) is 7.57. The minimum absolute atomic E-state index is 0.106. The summed E-state index contributed by atoms with van der Waals surface area (Å²) < 4.78 is 1.05. The predicted molar refractivity (Wildman–Crippen MR) is 79.2 cm³/mol. The van der Waals surface area contributed by atoms with Crippen LogP contribution in [-0.4, -0.2) is 28.1 Å². The smallest absolute Gasteiger partial charge is 0.324 e. The lowest BCUT2D eigenvalue weighted by Crippen LogP contribution is -2.50. The molecule has 0 saturated carbocycles. The SMILES string of the molecule is CCC1(C(=O)O)CCCN1C(C)c1ccccc1Br. The predicted octanol–water partition coefficient (Wildman–Crippen LogP) is 3.84. The average molecular weight is 326 g/mol. The van der Waals surface area contributed by atoms with E-state index in [0.29, 0.717) is 6.42 Å². The molecule has 1 saturated heterocycles. The highest BCUT2D eigenvalue weighted by atomic mass is 79.9. The van der Waals surface area contributed by atoms with Crippen molar-refractivity contribution in [1.29, 1.82) is 0 Å². The third-order valence-electron chi connectivity index (χ3n) is 4.34. The summed E-state index contributed by atoms with van der Waals surface area (Å²) in [6, 6.07) is 8.16. The Bertz CT molecular complexity index is 477. The van der Waals surface area contributed by atoms with Crippen LogP contribution in [-0.2, 0) is 4.79 Å². The van der Waals surface area contributed by atoms with Crippen molar-refractivity contribution in [3.05, 3.63) is 34.3 Å². The lowest BCUT2D eigenvalue weighted by molar-refractivity contribution is -0.151. The van der Waals surface area contributed by atoms with Crippen molar-refractivity contribution >= 4 is 21.9 Å². The van der Waals surface area contributed by atoms with E-state index in [1.165, 1.54) is 0 Å². The van der Waals surface area contributed by atoms with E-state index < -0.39 is 11.5 Å². The van der Waals surface area contributed by atoms with Gasteiger partial charge in [-0.1, -0.05) is 41.1 Å². The molecule has 0 amide bonds. The molecule has 4 heteroatoms. The van der Waals surface area contributed by atoms with Crippen LogP contribution in [0.2, 0.25) is 0 Å². The van der Waals surface area contributed by atoms with E-state index in [9.17, 15) is 9.90 Å². The lowest BCUT2D eigenvalue weighted by atomic mass is 9.91. The summed E-state index contributed by atoms with van der Waals surface area (Å²) in [7, 11) is 0. The average Bonchev–Trinajstić information content (AvgIpc) is 2.83. The van der Waals surface area contributed by atoms with E-state index in [1.54, 1.807) is 0 Å². The summed E-state index contributed by atoms with van der Waals surface area (Å²) in [5.41, 5.74) is 0.456. The van der Waals surface area contributed by atoms with E-state index in [1.807, 2.05) is 25.1 Å². The van der Waals surface area contributed by atoms with E-state index >= 15 is 0 Å². The summed E-state index contributed by atoms with van der Waals surface area (Å²) >= 11 is 3.57. The van der Waals surface area contributed by atoms with Crippen LogP contribution in [0.15, 0.2) is 28.7 Å². The zero-order valence-corrected chi connectivity index (χ0v) is 13.0. The molecule has 0 aliphatic carbocycles. The molecule has 104 valence electrons. The summed E-state index contributed by atoms with van der Waals surface area (Å²) in [6.07, 6.45) is 2.35. The van der Waals surface area contributed by atoms with Crippen molar-refractivity contribution in [3.8, 4) is 0 Å². The summed E-state index contributed by atoms with van der Waals surface area (Å²) in [5.74, 6) is -0.689. The van der Waals surface area contributed by atoms with Crippen LogP contribution in [0, 0.1) is 0 Å². The fourth-order valence-corrected chi connectivity index (χ4v) is 3.82. The highest BCUT2D eigenvalue weighted by Gasteiger charge is 2.48. The van der Waals surface area contributed by atoms with Crippen LogP contribution >= 0.6 is 15.9 Å². The molecule has 0 aromatic heterocycles. The van der Waals surface area contributed by atoms with Gasteiger partial charge in [0.1, 0.15) is 5.54 Å². The number of hydrogen-bond acceptors (Lipinski definition) is 2. The van der Waals surface area contributed by atoms with Gasteiger partial charge in [-0.2, -0.15) is 0 Å². The molecule has 0 spiro atoms. The van der Waals surface area contributed by atoms with Gasteiger partial charge in [0.15, 0.2) is 0 Å². The van der Waals surface area contributed by atoms with Gasteiger partial charge in [-0.05, 0) is 44.4 Å². The Balaban J connectivity index is 2.35. The molecular formula is C15H20BrNO2.